The van der Waals surface area contributed by atoms with E-state index in [0.717, 1.165) is 76.1 Å². The second-order valence-corrected chi connectivity index (χ2v) is 16.7. The molecule has 6 rings (SSSR count). The highest BCUT2D eigenvalue weighted by atomic mass is 32.2. The third-order valence-corrected chi connectivity index (χ3v) is 13.4. The number of methoxy groups -OCH3 is 1. The fraction of sp³-hybridized carbons (Fsp3) is 0.639. The van der Waals surface area contributed by atoms with Gasteiger partial charge in [-0.25, -0.2) is 21.5 Å². The number of carbonyl (C=O) groups excluding carboxylic acids is 1. The predicted molar refractivity (Wildman–Crippen MR) is 179 cm³/mol. The molecule has 8 nitrogen and oxygen atoms in total. The van der Waals surface area contributed by atoms with Gasteiger partial charge >= 0.3 is 5.97 Å². The summed E-state index contributed by atoms with van der Waals surface area (Å²) < 4.78 is 62.1. The van der Waals surface area contributed by atoms with E-state index in [1.807, 2.05) is 11.0 Å². The molecule has 3 aliphatic heterocycles. The Morgan fingerprint density at radius 1 is 0.979 bits per heavy atom. The van der Waals surface area contributed by atoms with Crippen LogP contribution in [0.25, 0.3) is 0 Å². The molecule has 0 amide bonds. The Kier molecular flexibility index (Phi) is 10.0. The lowest BCUT2D eigenvalue weighted by atomic mass is 9.56. The monoisotopic (exact) mass is 672 g/mol. The lowest BCUT2D eigenvalue weighted by molar-refractivity contribution is -0.142. The van der Waals surface area contributed by atoms with Crippen LogP contribution in [0, 0.1) is 23.6 Å². The molecule has 2 aromatic carbocycles. The number of ether oxygens (including phenoxy) is 1. The van der Waals surface area contributed by atoms with Crippen molar-refractivity contribution in [3.05, 3.63) is 59.9 Å². The van der Waals surface area contributed by atoms with Crippen molar-refractivity contribution < 1.29 is 26.7 Å². The Balaban J connectivity index is 1.16. The number of halogens is 2. The van der Waals surface area contributed by atoms with Crippen LogP contribution in [-0.2, 0) is 25.0 Å². The van der Waals surface area contributed by atoms with Crippen molar-refractivity contribution >= 4 is 21.7 Å². The van der Waals surface area contributed by atoms with Crippen molar-refractivity contribution in [1.82, 2.24) is 14.1 Å². The number of hydrogen-bond acceptors (Lipinski definition) is 7. The van der Waals surface area contributed by atoms with Crippen LogP contribution in [0.3, 0.4) is 0 Å². The quantitative estimate of drug-likeness (QED) is 0.296. The minimum absolute atomic E-state index is 0.175. The van der Waals surface area contributed by atoms with E-state index in [1.54, 1.807) is 30.3 Å². The molecule has 3 heterocycles. The first kappa shape index (κ1) is 34.3. The Morgan fingerprint density at radius 3 is 2.28 bits per heavy atom. The number of likely N-dealkylation sites (tertiary alicyclic amines) is 2. The summed E-state index contributed by atoms with van der Waals surface area (Å²) in [6, 6.07) is 13.9. The average Bonchev–Trinajstić information content (AvgIpc) is 3.48. The lowest BCUT2D eigenvalue weighted by Gasteiger charge is -2.54. The maximum Gasteiger partial charge on any atom is 0.305 e. The first-order valence-corrected chi connectivity index (χ1v) is 18.6. The minimum atomic E-state index is -3.51. The largest absolute Gasteiger partial charge is 0.469 e. The van der Waals surface area contributed by atoms with Crippen LogP contribution in [0.4, 0.5) is 14.5 Å². The van der Waals surface area contributed by atoms with Gasteiger partial charge in [-0.05, 0) is 118 Å². The summed E-state index contributed by atoms with van der Waals surface area (Å²) in [4.78, 5) is 19.5. The molecule has 0 N–H and O–H groups in total. The molecule has 3 atom stereocenters. The average molecular weight is 673 g/mol. The number of hydrogen-bond donors (Lipinski definition) is 0. The summed E-state index contributed by atoms with van der Waals surface area (Å²) in [5, 5.41) is 0. The number of carbonyl (C=O) groups is 1. The molecule has 258 valence electrons. The number of benzene rings is 2. The highest BCUT2D eigenvalue weighted by Crippen LogP contribution is 2.54. The van der Waals surface area contributed by atoms with Gasteiger partial charge in [-0.15, -0.1) is 0 Å². The second-order valence-electron chi connectivity index (χ2n) is 14.6. The fourth-order valence-electron chi connectivity index (χ4n) is 9.00. The van der Waals surface area contributed by atoms with Crippen LogP contribution < -0.4 is 4.90 Å². The van der Waals surface area contributed by atoms with Gasteiger partial charge in [0, 0.05) is 44.7 Å². The standard InChI is InChI=1S/C36H50F2N4O4S/c1-39(2)47(44,45)32-13-11-31(12-14-32)42-24-35(38,25-42)23-41-19-15-28(16-20-41)36(26-40-17-6-18-40,29-8-5-9-30(37)22-29)33-10-4-7-27(33)21-34(43)46-3/h5,8-9,11-14,22,27-28,33H,4,6-7,10,15-21,23-26H2,1-3H3/t27-,33+,36+/m1/s1. The molecule has 1 aliphatic carbocycles. The summed E-state index contributed by atoms with van der Waals surface area (Å²) in [5.41, 5.74) is 0.232. The van der Waals surface area contributed by atoms with E-state index < -0.39 is 15.7 Å². The molecular weight excluding hydrogens is 622 g/mol. The second kappa shape index (κ2) is 13.7. The van der Waals surface area contributed by atoms with Crippen LogP contribution >= 0.6 is 0 Å². The van der Waals surface area contributed by atoms with E-state index in [9.17, 15) is 17.6 Å². The van der Waals surface area contributed by atoms with Gasteiger partial charge < -0.3 is 14.5 Å². The molecule has 0 radical (unpaired) electrons. The van der Waals surface area contributed by atoms with E-state index in [-0.39, 0.29) is 52.9 Å². The Morgan fingerprint density at radius 2 is 1.68 bits per heavy atom. The number of rotatable bonds is 12. The van der Waals surface area contributed by atoms with Gasteiger partial charge in [-0.3, -0.25) is 9.69 Å². The van der Waals surface area contributed by atoms with Crippen LogP contribution in [0.2, 0.25) is 0 Å². The third-order valence-electron chi connectivity index (χ3n) is 11.5. The highest BCUT2D eigenvalue weighted by Gasteiger charge is 2.53. The van der Waals surface area contributed by atoms with E-state index in [4.69, 9.17) is 4.74 Å². The van der Waals surface area contributed by atoms with Crippen molar-refractivity contribution in [3.63, 3.8) is 0 Å². The number of nitrogens with zero attached hydrogens (tertiary/aromatic N) is 4. The highest BCUT2D eigenvalue weighted by molar-refractivity contribution is 7.89. The number of alkyl halides is 1. The molecule has 0 unspecified atom stereocenters. The number of sulfonamides is 1. The van der Waals surface area contributed by atoms with Gasteiger partial charge in [0.1, 0.15) is 5.82 Å². The van der Waals surface area contributed by atoms with Crippen molar-refractivity contribution in [2.24, 2.45) is 17.8 Å². The maximum absolute atomic E-state index is 16.0. The molecule has 2 aromatic rings. The van der Waals surface area contributed by atoms with Crippen LogP contribution in [0.5, 0.6) is 0 Å². The van der Waals surface area contributed by atoms with E-state index >= 15 is 4.39 Å². The number of esters is 1. The first-order valence-electron chi connectivity index (χ1n) is 17.2. The van der Waals surface area contributed by atoms with Gasteiger partial charge in [-0.1, -0.05) is 18.6 Å². The Labute approximate surface area is 279 Å². The van der Waals surface area contributed by atoms with E-state index in [0.29, 0.717) is 13.0 Å². The first-order chi connectivity index (χ1) is 22.4. The van der Waals surface area contributed by atoms with Crippen LogP contribution in [-0.4, -0.2) is 108 Å². The number of anilines is 1. The predicted octanol–water partition coefficient (Wildman–Crippen LogP) is 4.94. The van der Waals surface area contributed by atoms with Gasteiger partial charge in [0.15, 0.2) is 5.67 Å². The van der Waals surface area contributed by atoms with Crippen LogP contribution in [0.15, 0.2) is 53.4 Å². The van der Waals surface area contributed by atoms with Crippen LogP contribution in [0.1, 0.15) is 50.5 Å². The molecule has 11 heteroatoms. The summed E-state index contributed by atoms with van der Waals surface area (Å²) in [6.45, 7) is 5.39. The minimum Gasteiger partial charge on any atom is -0.469 e. The molecular formula is C36H50F2N4O4S. The van der Waals surface area contributed by atoms with Crippen molar-refractivity contribution in [1.29, 1.82) is 0 Å². The van der Waals surface area contributed by atoms with E-state index in [1.165, 1.54) is 38.0 Å². The zero-order chi connectivity index (χ0) is 33.4. The van der Waals surface area contributed by atoms with Crippen molar-refractivity contribution in [2.75, 3.05) is 78.5 Å². The topological polar surface area (TPSA) is 73.4 Å². The van der Waals surface area contributed by atoms with Gasteiger partial charge in [-0.2, -0.15) is 0 Å². The molecule has 4 aliphatic rings. The SMILES string of the molecule is COC(=O)C[C@H]1CCC[C@@H]1[C@](CN1CCC1)(c1cccc(F)c1)C1CCN(CC2(F)CN(c3ccc(S(=O)(=O)N(C)C)cc3)C2)CC1. The third kappa shape index (κ3) is 6.96. The molecule has 4 fully saturated rings. The van der Waals surface area contributed by atoms with Gasteiger partial charge in [0.25, 0.3) is 0 Å². The molecule has 0 aromatic heterocycles. The molecule has 47 heavy (non-hydrogen) atoms. The van der Waals surface area contributed by atoms with Gasteiger partial charge in [0.05, 0.1) is 25.1 Å². The summed E-state index contributed by atoms with van der Waals surface area (Å²) >= 11 is 0. The summed E-state index contributed by atoms with van der Waals surface area (Å²) in [5.74, 6) is 0.323. The van der Waals surface area contributed by atoms with Crippen molar-refractivity contribution in [2.45, 2.75) is 60.9 Å². The summed E-state index contributed by atoms with van der Waals surface area (Å²) in [7, 11) is 0.947. The maximum atomic E-state index is 16.0. The molecule has 0 spiro atoms. The van der Waals surface area contributed by atoms with Crippen molar-refractivity contribution in [3.8, 4) is 0 Å². The zero-order valence-electron chi connectivity index (χ0n) is 28.0. The summed E-state index contributed by atoms with van der Waals surface area (Å²) in [6.07, 6.45) is 6.40. The Bertz CT molecular complexity index is 1510. The van der Waals surface area contributed by atoms with E-state index in [2.05, 4.69) is 15.9 Å². The number of piperidine rings is 1. The fourth-order valence-corrected chi connectivity index (χ4v) is 9.90. The molecule has 1 saturated carbocycles. The zero-order valence-corrected chi connectivity index (χ0v) is 28.9. The molecule has 0 bridgehead atoms. The Hall–Kier alpha value is -2.60. The normalized spacial score (nSPS) is 25.3. The molecule has 3 saturated heterocycles. The smallest absolute Gasteiger partial charge is 0.305 e. The van der Waals surface area contributed by atoms with Gasteiger partial charge in [0.2, 0.25) is 10.0 Å². The lowest BCUT2D eigenvalue weighted by Crippen LogP contribution is -2.64.